The van der Waals surface area contributed by atoms with Crippen LogP contribution in [0.2, 0.25) is 0 Å². The maximum atomic E-state index is 5.89. The van der Waals surface area contributed by atoms with E-state index in [1.807, 2.05) is 26.8 Å². The minimum absolute atomic E-state index is 0.368. The molecule has 0 saturated carbocycles. The van der Waals surface area contributed by atoms with Crippen LogP contribution in [0.5, 0.6) is 0 Å². The van der Waals surface area contributed by atoms with Crippen LogP contribution in [0.25, 0.3) is 0 Å². The molecular formula is C9H15N3. The van der Waals surface area contributed by atoms with Gasteiger partial charge < -0.3 is 5.73 Å². The van der Waals surface area contributed by atoms with Gasteiger partial charge in [0.15, 0.2) is 0 Å². The first-order chi connectivity index (χ1) is 5.54. The summed E-state index contributed by atoms with van der Waals surface area (Å²) in [6.07, 6.45) is 2.61. The van der Waals surface area contributed by atoms with Gasteiger partial charge in [0.05, 0.1) is 11.2 Å². The molecule has 0 amide bonds. The molecule has 0 aliphatic carbocycles. The highest BCUT2D eigenvalue weighted by Gasteiger charge is 2.15. The Balaban J connectivity index is 3.02. The number of rotatable bonds is 2. The van der Waals surface area contributed by atoms with Gasteiger partial charge in [-0.05, 0) is 19.9 Å². The molecular weight excluding hydrogens is 150 g/mol. The molecule has 0 radical (unpaired) electrons. The Morgan fingerprint density at radius 1 is 1.50 bits per heavy atom. The second-order valence-electron chi connectivity index (χ2n) is 3.43. The summed E-state index contributed by atoms with van der Waals surface area (Å²) >= 11 is 0. The van der Waals surface area contributed by atoms with E-state index in [-0.39, 0.29) is 5.54 Å². The lowest BCUT2D eigenvalue weighted by atomic mass is 10.0. The molecule has 12 heavy (non-hydrogen) atoms. The summed E-state index contributed by atoms with van der Waals surface area (Å²) in [5.74, 6) is 0.853. The zero-order valence-corrected chi connectivity index (χ0v) is 7.83. The van der Waals surface area contributed by atoms with Crippen molar-refractivity contribution in [3.05, 3.63) is 23.8 Å². The van der Waals surface area contributed by atoms with Gasteiger partial charge in [-0.1, -0.05) is 6.92 Å². The summed E-state index contributed by atoms with van der Waals surface area (Å²) in [4.78, 5) is 8.43. The van der Waals surface area contributed by atoms with E-state index in [4.69, 9.17) is 5.73 Å². The quantitative estimate of drug-likeness (QED) is 0.717. The molecule has 3 nitrogen and oxygen atoms in total. The molecule has 1 heterocycles. The van der Waals surface area contributed by atoms with Crippen molar-refractivity contribution in [1.29, 1.82) is 0 Å². The van der Waals surface area contributed by atoms with Gasteiger partial charge in [0.1, 0.15) is 5.82 Å². The van der Waals surface area contributed by atoms with Crippen LogP contribution in [0.15, 0.2) is 12.3 Å². The lowest BCUT2D eigenvalue weighted by molar-refractivity contribution is 0.530. The maximum absolute atomic E-state index is 5.89. The van der Waals surface area contributed by atoms with Crippen LogP contribution in [-0.4, -0.2) is 9.97 Å². The average molecular weight is 165 g/mol. The standard InChI is InChI=1S/C9H15N3/c1-4-8-11-6-5-7(12-8)9(2,3)10/h5-6H,4,10H2,1-3H3. The number of nitrogens with zero attached hydrogens (tertiary/aromatic N) is 2. The minimum atomic E-state index is -0.368. The molecule has 0 saturated heterocycles. The zero-order valence-electron chi connectivity index (χ0n) is 7.83. The Labute approximate surface area is 73.0 Å². The van der Waals surface area contributed by atoms with E-state index < -0.39 is 0 Å². The lowest BCUT2D eigenvalue weighted by Crippen LogP contribution is -2.30. The second kappa shape index (κ2) is 3.19. The van der Waals surface area contributed by atoms with Crippen molar-refractivity contribution < 1.29 is 0 Å². The molecule has 1 rings (SSSR count). The van der Waals surface area contributed by atoms with Gasteiger partial charge in [0.2, 0.25) is 0 Å². The smallest absolute Gasteiger partial charge is 0.128 e. The number of nitrogens with two attached hydrogens (primary N) is 1. The predicted molar refractivity (Wildman–Crippen MR) is 48.6 cm³/mol. The first-order valence-electron chi connectivity index (χ1n) is 4.15. The van der Waals surface area contributed by atoms with Gasteiger partial charge in [-0.2, -0.15) is 0 Å². The molecule has 0 atom stereocenters. The fourth-order valence-corrected chi connectivity index (χ4v) is 0.928. The third-order valence-electron chi connectivity index (χ3n) is 1.68. The van der Waals surface area contributed by atoms with Gasteiger partial charge in [-0.3, -0.25) is 0 Å². The summed E-state index contributed by atoms with van der Waals surface area (Å²) in [5, 5.41) is 0. The van der Waals surface area contributed by atoms with Gasteiger partial charge in [-0.25, -0.2) is 9.97 Å². The molecule has 2 N–H and O–H groups in total. The molecule has 0 spiro atoms. The fraction of sp³-hybridized carbons (Fsp3) is 0.556. The van der Waals surface area contributed by atoms with Gasteiger partial charge in [-0.15, -0.1) is 0 Å². The first-order valence-corrected chi connectivity index (χ1v) is 4.15. The zero-order chi connectivity index (χ0) is 9.19. The molecule has 0 fully saturated rings. The Kier molecular flexibility index (Phi) is 2.43. The first kappa shape index (κ1) is 9.13. The molecule has 0 aliphatic heterocycles. The number of hydrogen-bond donors (Lipinski definition) is 1. The van der Waals surface area contributed by atoms with Crippen LogP contribution >= 0.6 is 0 Å². The highest BCUT2D eigenvalue weighted by atomic mass is 14.9. The predicted octanol–water partition coefficient (Wildman–Crippen LogP) is 1.23. The van der Waals surface area contributed by atoms with Crippen molar-refractivity contribution in [2.75, 3.05) is 0 Å². The van der Waals surface area contributed by atoms with Gasteiger partial charge in [0.25, 0.3) is 0 Å². The van der Waals surface area contributed by atoms with E-state index in [0.717, 1.165) is 17.9 Å². The van der Waals surface area contributed by atoms with Crippen molar-refractivity contribution in [2.45, 2.75) is 32.7 Å². The summed E-state index contributed by atoms with van der Waals surface area (Å²) in [7, 11) is 0. The van der Waals surface area contributed by atoms with Crippen molar-refractivity contribution >= 4 is 0 Å². The van der Waals surface area contributed by atoms with Gasteiger partial charge >= 0.3 is 0 Å². The molecule has 0 aliphatic rings. The third kappa shape index (κ3) is 2.01. The van der Waals surface area contributed by atoms with E-state index in [1.54, 1.807) is 6.20 Å². The van der Waals surface area contributed by atoms with Crippen LogP contribution in [0, 0.1) is 0 Å². The molecule has 1 aromatic heterocycles. The van der Waals surface area contributed by atoms with Crippen LogP contribution in [0.1, 0.15) is 32.3 Å². The number of hydrogen-bond acceptors (Lipinski definition) is 3. The monoisotopic (exact) mass is 165 g/mol. The van der Waals surface area contributed by atoms with E-state index in [0.29, 0.717) is 0 Å². The highest BCUT2D eigenvalue weighted by molar-refractivity contribution is 5.11. The minimum Gasteiger partial charge on any atom is -0.321 e. The summed E-state index contributed by atoms with van der Waals surface area (Å²) in [6, 6.07) is 1.86. The average Bonchev–Trinajstić information content (AvgIpc) is 2.03. The second-order valence-corrected chi connectivity index (χ2v) is 3.43. The summed E-state index contributed by atoms with van der Waals surface area (Å²) in [5.41, 5.74) is 6.42. The highest BCUT2D eigenvalue weighted by Crippen LogP contribution is 2.12. The molecule has 0 bridgehead atoms. The van der Waals surface area contributed by atoms with Crippen LogP contribution < -0.4 is 5.73 Å². The Hall–Kier alpha value is -0.960. The van der Waals surface area contributed by atoms with E-state index in [2.05, 4.69) is 9.97 Å². The number of aromatic nitrogens is 2. The van der Waals surface area contributed by atoms with Crippen LogP contribution in [0.4, 0.5) is 0 Å². The van der Waals surface area contributed by atoms with Crippen LogP contribution in [0.3, 0.4) is 0 Å². The van der Waals surface area contributed by atoms with Crippen molar-refractivity contribution in [1.82, 2.24) is 9.97 Å². The van der Waals surface area contributed by atoms with E-state index >= 15 is 0 Å². The fourth-order valence-electron chi connectivity index (χ4n) is 0.928. The Bertz CT molecular complexity index is 263. The van der Waals surface area contributed by atoms with Crippen molar-refractivity contribution in [3.8, 4) is 0 Å². The Morgan fingerprint density at radius 3 is 2.67 bits per heavy atom. The molecule has 3 heteroatoms. The topological polar surface area (TPSA) is 51.8 Å². The molecule has 66 valence electrons. The maximum Gasteiger partial charge on any atom is 0.128 e. The molecule has 1 aromatic rings. The lowest BCUT2D eigenvalue weighted by Gasteiger charge is -2.17. The number of aryl methyl sites for hydroxylation is 1. The SMILES string of the molecule is CCc1nccc(C(C)(C)N)n1. The van der Waals surface area contributed by atoms with E-state index in [9.17, 15) is 0 Å². The molecule has 0 aromatic carbocycles. The largest absolute Gasteiger partial charge is 0.321 e. The Morgan fingerprint density at radius 2 is 2.17 bits per heavy atom. The van der Waals surface area contributed by atoms with E-state index in [1.165, 1.54) is 0 Å². The third-order valence-corrected chi connectivity index (χ3v) is 1.68. The van der Waals surface area contributed by atoms with Crippen LogP contribution in [-0.2, 0) is 12.0 Å². The van der Waals surface area contributed by atoms with Crippen molar-refractivity contribution in [2.24, 2.45) is 5.73 Å². The molecule has 0 unspecified atom stereocenters. The normalized spacial score (nSPS) is 11.7. The van der Waals surface area contributed by atoms with Gasteiger partial charge in [0, 0.05) is 12.6 Å². The summed E-state index contributed by atoms with van der Waals surface area (Å²) in [6.45, 7) is 5.91. The van der Waals surface area contributed by atoms with Crippen molar-refractivity contribution in [3.63, 3.8) is 0 Å². The summed E-state index contributed by atoms with van der Waals surface area (Å²) < 4.78 is 0.